The average Bonchev–Trinajstić information content (AvgIpc) is 2.38. The number of carbonyl (C=O) groups is 2. The van der Waals surface area contributed by atoms with E-state index in [4.69, 9.17) is 10.2 Å². The number of carboxylic acids is 1. The van der Waals surface area contributed by atoms with Gasteiger partial charge in [0.15, 0.2) is 5.78 Å². The van der Waals surface area contributed by atoms with Crippen molar-refractivity contribution in [2.24, 2.45) is 0 Å². The molecule has 1 rings (SSSR count). The van der Waals surface area contributed by atoms with Crippen LogP contribution in [0.1, 0.15) is 24.2 Å². The lowest BCUT2D eigenvalue weighted by Crippen LogP contribution is -2.30. The largest absolute Gasteiger partial charge is 0.479 e. The summed E-state index contributed by atoms with van der Waals surface area (Å²) >= 11 is 0. The maximum atomic E-state index is 11.5. The molecule has 0 bridgehead atoms. The third-order valence-corrected chi connectivity index (χ3v) is 2.24. The second kappa shape index (κ2) is 8.38. The Balaban J connectivity index is 0.000000411. The summed E-state index contributed by atoms with van der Waals surface area (Å²) in [6, 6.07) is 9.20. The summed E-state index contributed by atoms with van der Waals surface area (Å²) in [4.78, 5) is 21.0. The third kappa shape index (κ3) is 6.12. The molecule has 100 valence electrons. The van der Waals surface area contributed by atoms with Gasteiger partial charge in [-0.05, 0) is 20.9 Å². The average molecular weight is 253 g/mol. The molecular weight excluding hydrogens is 234 g/mol. The number of likely N-dealkylation sites (N-methyl/N-ethyl adjacent to an activating group) is 1. The Bertz CT molecular complexity index is 376. The molecule has 0 saturated carbocycles. The number of rotatable bonds is 4. The fraction of sp³-hybridized carbons (Fsp3) is 0.385. The predicted octanol–water partition coefficient (Wildman–Crippen LogP) is 0.929. The SMILES string of the molecule is CC(O)C(=O)O.CNC(C)C(=O)c1ccccc1. The molecule has 2 atom stereocenters. The Morgan fingerprint density at radius 3 is 1.94 bits per heavy atom. The van der Waals surface area contributed by atoms with Crippen LogP contribution in [0.3, 0.4) is 0 Å². The summed E-state index contributed by atoms with van der Waals surface area (Å²) < 4.78 is 0. The summed E-state index contributed by atoms with van der Waals surface area (Å²) in [5.41, 5.74) is 0.763. The minimum absolute atomic E-state index is 0.104. The Morgan fingerprint density at radius 1 is 1.17 bits per heavy atom. The predicted molar refractivity (Wildman–Crippen MR) is 68.6 cm³/mol. The number of hydrogen-bond donors (Lipinski definition) is 3. The van der Waals surface area contributed by atoms with E-state index in [1.165, 1.54) is 6.92 Å². The first kappa shape index (κ1) is 16.3. The van der Waals surface area contributed by atoms with Crippen molar-refractivity contribution in [1.82, 2.24) is 5.32 Å². The number of nitrogens with one attached hydrogen (secondary N) is 1. The second-order valence-electron chi connectivity index (χ2n) is 3.75. The molecule has 0 spiro atoms. The normalized spacial score (nSPS) is 12.9. The maximum Gasteiger partial charge on any atom is 0.332 e. The number of ketones is 1. The van der Waals surface area contributed by atoms with Crippen LogP contribution >= 0.6 is 0 Å². The molecule has 5 heteroatoms. The van der Waals surface area contributed by atoms with Crippen molar-refractivity contribution in [3.05, 3.63) is 35.9 Å². The molecule has 0 aromatic heterocycles. The van der Waals surface area contributed by atoms with E-state index < -0.39 is 12.1 Å². The number of carboxylic acid groups (broad SMARTS) is 1. The monoisotopic (exact) mass is 253 g/mol. The van der Waals surface area contributed by atoms with Crippen LogP contribution in [0.25, 0.3) is 0 Å². The molecule has 1 aromatic rings. The Labute approximate surface area is 106 Å². The molecular formula is C13H19NO4. The van der Waals surface area contributed by atoms with Crippen molar-refractivity contribution in [2.45, 2.75) is 26.0 Å². The summed E-state index contributed by atoms with van der Waals surface area (Å²) in [7, 11) is 1.78. The number of benzene rings is 1. The first-order valence-corrected chi connectivity index (χ1v) is 5.57. The smallest absolute Gasteiger partial charge is 0.332 e. The zero-order chi connectivity index (χ0) is 14.1. The van der Waals surface area contributed by atoms with E-state index >= 15 is 0 Å². The van der Waals surface area contributed by atoms with Gasteiger partial charge in [-0.25, -0.2) is 4.79 Å². The first-order valence-electron chi connectivity index (χ1n) is 5.57. The lowest BCUT2D eigenvalue weighted by atomic mass is 10.1. The highest BCUT2D eigenvalue weighted by molar-refractivity contribution is 5.99. The topological polar surface area (TPSA) is 86.6 Å². The number of aliphatic hydroxyl groups excluding tert-OH is 1. The van der Waals surface area contributed by atoms with Gasteiger partial charge in [0.2, 0.25) is 0 Å². The van der Waals surface area contributed by atoms with Crippen molar-refractivity contribution < 1.29 is 19.8 Å². The van der Waals surface area contributed by atoms with Gasteiger partial charge in [0.05, 0.1) is 6.04 Å². The lowest BCUT2D eigenvalue weighted by Gasteiger charge is -2.07. The molecule has 18 heavy (non-hydrogen) atoms. The molecule has 3 N–H and O–H groups in total. The summed E-state index contributed by atoms with van der Waals surface area (Å²) in [5.74, 6) is -1.05. The molecule has 0 heterocycles. The van der Waals surface area contributed by atoms with Gasteiger partial charge in [0, 0.05) is 5.56 Å². The molecule has 0 aliphatic heterocycles. The van der Waals surface area contributed by atoms with E-state index in [1.54, 1.807) is 7.05 Å². The second-order valence-corrected chi connectivity index (χ2v) is 3.75. The fourth-order valence-corrected chi connectivity index (χ4v) is 0.984. The quantitative estimate of drug-likeness (QED) is 0.695. The van der Waals surface area contributed by atoms with E-state index in [0.717, 1.165) is 5.56 Å². The molecule has 1 aromatic carbocycles. The maximum absolute atomic E-state index is 11.5. The highest BCUT2D eigenvalue weighted by Crippen LogP contribution is 2.02. The molecule has 2 unspecified atom stereocenters. The summed E-state index contributed by atoms with van der Waals surface area (Å²) in [6.45, 7) is 3.05. The highest BCUT2D eigenvalue weighted by Gasteiger charge is 2.11. The molecule has 0 fully saturated rings. The van der Waals surface area contributed by atoms with Gasteiger partial charge in [0.25, 0.3) is 0 Å². The van der Waals surface area contributed by atoms with Crippen LogP contribution in [-0.2, 0) is 4.79 Å². The lowest BCUT2D eigenvalue weighted by molar-refractivity contribution is -0.145. The van der Waals surface area contributed by atoms with Crippen molar-refractivity contribution in [3.8, 4) is 0 Å². The zero-order valence-corrected chi connectivity index (χ0v) is 10.8. The number of Topliss-reactive ketones (excluding diaryl/α,β-unsaturated/α-hetero) is 1. The molecule has 5 nitrogen and oxygen atoms in total. The number of carbonyl (C=O) groups excluding carboxylic acids is 1. The Morgan fingerprint density at radius 2 is 1.61 bits per heavy atom. The highest BCUT2D eigenvalue weighted by atomic mass is 16.4. The van der Waals surface area contributed by atoms with Crippen molar-refractivity contribution in [1.29, 1.82) is 0 Å². The van der Waals surface area contributed by atoms with Gasteiger partial charge in [-0.2, -0.15) is 0 Å². The van der Waals surface area contributed by atoms with Gasteiger partial charge in [-0.15, -0.1) is 0 Å². The van der Waals surface area contributed by atoms with Crippen LogP contribution in [0.5, 0.6) is 0 Å². The number of hydrogen-bond acceptors (Lipinski definition) is 4. The standard InChI is InChI=1S/C10H13NO.C3H6O3/c1-8(11-2)10(12)9-6-4-3-5-7-9;1-2(4)3(5)6/h3-8,11H,1-2H3;2,4H,1H3,(H,5,6). The first-order chi connectivity index (χ1) is 8.40. The minimum atomic E-state index is -1.23. The Kier molecular flexibility index (Phi) is 7.58. The fourth-order valence-electron chi connectivity index (χ4n) is 0.984. The zero-order valence-electron chi connectivity index (χ0n) is 10.8. The van der Waals surface area contributed by atoms with Crippen molar-refractivity contribution in [3.63, 3.8) is 0 Å². The van der Waals surface area contributed by atoms with E-state index in [0.29, 0.717) is 0 Å². The van der Waals surface area contributed by atoms with Crippen LogP contribution in [0.15, 0.2) is 30.3 Å². The summed E-state index contributed by atoms with van der Waals surface area (Å²) in [5, 5.41) is 18.7. The van der Waals surface area contributed by atoms with Crippen LogP contribution in [0, 0.1) is 0 Å². The molecule has 0 aliphatic rings. The van der Waals surface area contributed by atoms with Gasteiger partial charge in [0.1, 0.15) is 6.10 Å². The van der Waals surface area contributed by atoms with Crippen LogP contribution < -0.4 is 5.32 Å². The van der Waals surface area contributed by atoms with Crippen LogP contribution in [0.4, 0.5) is 0 Å². The van der Waals surface area contributed by atoms with Crippen LogP contribution in [0.2, 0.25) is 0 Å². The van der Waals surface area contributed by atoms with E-state index in [2.05, 4.69) is 5.32 Å². The van der Waals surface area contributed by atoms with Gasteiger partial charge < -0.3 is 15.5 Å². The minimum Gasteiger partial charge on any atom is -0.479 e. The number of aliphatic hydroxyl groups is 1. The van der Waals surface area contributed by atoms with Crippen LogP contribution in [-0.4, -0.2) is 41.2 Å². The van der Waals surface area contributed by atoms with Gasteiger partial charge >= 0.3 is 5.97 Å². The summed E-state index contributed by atoms with van der Waals surface area (Å²) in [6.07, 6.45) is -1.23. The van der Waals surface area contributed by atoms with Crippen molar-refractivity contribution >= 4 is 11.8 Å². The van der Waals surface area contributed by atoms with E-state index in [1.807, 2.05) is 37.3 Å². The van der Waals surface area contributed by atoms with E-state index in [-0.39, 0.29) is 11.8 Å². The van der Waals surface area contributed by atoms with Crippen molar-refractivity contribution in [2.75, 3.05) is 7.05 Å². The molecule has 0 radical (unpaired) electrons. The Hall–Kier alpha value is -1.72. The molecule has 0 amide bonds. The number of aliphatic carboxylic acids is 1. The van der Waals surface area contributed by atoms with E-state index in [9.17, 15) is 9.59 Å². The van der Waals surface area contributed by atoms with Gasteiger partial charge in [-0.1, -0.05) is 30.3 Å². The molecule has 0 saturated heterocycles. The third-order valence-electron chi connectivity index (χ3n) is 2.24. The molecule has 0 aliphatic carbocycles. The van der Waals surface area contributed by atoms with Gasteiger partial charge in [-0.3, -0.25) is 4.79 Å².